The zero-order valence-corrected chi connectivity index (χ0v) is 26.1. The van der Waals surface area contributed by atoms with E-state index in [2.05, 4.69) is 72.0 Å². The normalized spacial score (nSPS) is 12.0. The van der Waals surface area contributed by atoms with Crippen LogP contribution in [0.1, 0.15) is 40.3 Å². The van der Waals surface area contributed by atoms with E-state index in [1.165, 1.54) is 34.9 Å². The molecule has 4 aromatic carbocycles. The molecule has 0 spiro atoms. The van der Waals surface area contributed by atoms with E-state index < -0.39 is 0 Å². The van der Waals surface area contributed by atoms with Crippen LogP contribution in [-0.4, -0.2) is 32.6 Å². The summed E-state index contributed by atoms with van der Waals surface area (Å²) in [5, 5.41) is 15.9. The number of anilines is 1. The monoisotopic (exact) mass is 608 g/mol. The van der Waals surface area contributed by atoms with E-state index in [0.29, 0.717) is 48.3 Å². The van der Waals surface area contributed by atoms with Gasteiger partial charge in [0.15, 0.2) is 0 Å². The Morgan fingerprint density at radius 2 is 1.73 bits per heavy atom. The minimum atomic E-state index is -0.0685. The first-order chi connectivity index (χ1) is 21.3. The summed E-state index contributed by atoms with van der Waals surface area (Å²) in [6.45, 7) is 6.91. The van der Waals surface area contributed by atoms with E-state index in [1.54, 1.807) is 6.07 Å². The number of fused-ring (bicyclic) bond motifs is 1. The van der Waals surface area contributed by atoms with Gasteiger partial charge in [0.2, 0.25) is 5.91 Å². The Hall–Kier alpha value is -4.51. The van der Waals surface area contributed by atoms with Crippen molar-refractivity contribution in [3.63, 3.8) is 0 Å². The van der Waals surface area contributed by atoms with E-state index in [4.69, 9.17) is 21.1 Å². The maximum atomic E-state index is 11.2. The zero-order valence-electron chi connectivity index (χ0n) is 25.4. The molecule has 0 unspecified atom stereocenters. The second-order valence-corrected chi connectivity index (χ2v) is 11.4. The van der Waals surface area contributed by atoms with Crippen molar-refractivity contribution in [2.45, 2.75) is 40.0 Å². The van der Waals surface area contributed by atoms with Crippen LogP contribution in [0.3, 0.4) is 0 Å². The Balaban J connectivity index is 1.35. The third kappa shape index (κ3) is 7.34. The smallest absolute Gasteiger partial charge is 0.216 e. The molecule has 0 fully saturated rings. The zero-order chi connectivity index (χ0) is 31.1. The predicted octanol–water partition coefficient (Wildman–Crippen LogP) is 6.56. The van der Waals surface area contributed by atoms with Gasteiger partial charge < -0.3 is 25.0 Å². The second-order valence-electron chi connectivity index (χ2n) is 11.0. The summed E-state index contributed by atoms with van der Waals surface area (Å²) in [5.41, 5.74) is 9.78. The highest BCUT2D eigenvalue weighted by Crippen LogP contribution is 2.38. The van der Waals surface area contributed by atoms with Gasteiger partial charge in [0.05, 0.1) is 16.7 Å². The van der Waals surface area contributed by atoms with Gasteiger partial charge in [-0.15, -0.1) is 0 Å². The summed E-state index contributed by atoms with van der Waals surface area (Å²) in [5.74, 6) is 1.09. The molecule has 2 N–H and O–H groups in total. The molecular formula is C36H37ClN4O3. The summed E-state index contributed by atoms with van der Waals surface area (Å²) in [7, 11) is 2.14. The number of hydrogen-bond acceptors (Lipinski definition) is 6. The van der Waals surface area contributed by atoms with Gasteiger partial charge in [0.1, 0.15) is 24.7 Å². The molecule has 0 bridgehead atoms. The minimum Gasteiger partial charge on any atom is -0.488 e. The molecule has 226 valence electrons. The first kappa shape index (κ1) is 30.9. The predicted molar refractivity (Wildman–Crippen MR) is 175 cm³/mol. The lowest BCUT2D eigenvalue weighted by Gasteiger charge is -2.18. The molecule has 4 aromatic rings. The Kier molecular flexibility index (Phi) is 10.1. The number of nitriles is 1. The van der Waals surface area contributed by atoms with Crippen molar-refractivity contribution in [2.24, 2.45) is 0 Å². The Morgan fingerprint density at radius 3 is 2.55 bits per heavy atom. The van der Waals surface area contributed by atoms with Crippen LogP contribution in [-0.2, 0) is 31.0 Å². The van der Waals surface area contributed by atoms with Crippen LogP contribution < -0.4 is 25.0 Å². The second kappa shape index (κ2) is 14.3. The van der Waals surface area contributed by atoms with E-state index in [-0.39, 0.29) is 12.5 Å². The standard InChI is InChI=1S/C36H37ClN4O3/c1-24-28(9-5-10-30(24)31-11-6-12-34-32(31)13-16-41(34)3)23-44-36-19-35(43-22-27-8-4-7-26(17-27)20-38)29(18-33(36)37)21-39-14-15-40-25(2)42/h4-12,17-19,39H,13-16,21-23H2,1-3H3,(H,40,42). The molecule has 7 nitrogen and oxygen atoms in total. The van der Waals surface area contributed by atoms with Crippen LogP contribution in [0.5, 0.6) is 11.5 Å². The van der Waals surface area contributed by atoms with Crippen LogP contribution >= 0.6 is 11.6 Å². The summed E-state index contributed by atoms with van der Waals surface area (Å²) in [4.78, 5) is 13.5. The van der Waals surface area contributed by atoms with Crippen LogP contribution in [0.2, 0.25) is 5.02 Å². The number of likely N-dealkylation sites (N-methyl/N-ethyl adjacent to an activating group) is 1. The van der Waals surface area contributed by atoms with E-state index in [0.717, 1.165) is 29.7 Å². The summed E-state index contributed by atoms with van der Waals surface area (Å²) >= 11 is 6.74. The highest BCUT2D eigenvalue weighted by atomic mass is 35.5. The molecule has 8 heteroatoms. The highest BCUT2D eigenvalue weighted by Gasteiger charge is 2.21. The molecule has 1 aliphatic heterocycles. The van der Waals surface area contributed by atoms with Gasteiger partial charge in [-0.25, -0.2) is 0 Å². The number of rotatable bonds is 12. The van der Waals surface area contributed by atoms with Gasteiger partial charge in [0.25, 0.3) is 0 Å². The van der Waals surface area contributed by atoms with Crippen molar-refractivity contribution in [2.75, 3.05) is 31.6 Å². The van der Waals surface area contributed by atoms with Crippen molar-refractivity contribution >= 4 is 23.2 Å². The number of halogens is 1. The fourth-order valence-electron chi connectivity index (χ4n) is 5.54. The lowest BCUT2D eigenvalue weighted by molar-refractivity contribution is -0.118. The summed E-state index contributed by atoms with van der Waals surface area (Å²) < 4.78 is 12.6. The third-order valence-corrected chi connectivity index (χ3v) is 8.23. The van der Waals surface area contributed by atoms with Gasteiger partial charge in [-0.1, -0.05) is 54.1 Å². The topological polar surface area (TPSA) is 86.6 Å². The Bertz CT molecular complexity index is 1700. The number of benzene rings is 4. The number of amides is 1. The van der Waals surface area contributed by atoms with Gasteiger partial charge in [-0.2, -0.15) is 5.26 Å². The molecule has 0 saturated carbocycles. The molecule has 44 heavy (non-hydrogen) atoms. The molecular weight excluding hydrogens is 572 g/mol. The Morgan fingerprint density at radius 1 is 0.955 bits per heavy atom. The fourth-order valence-corrected chi connectivity index (χ4v) is 5.78. The van der Waals surface area contributed by atoms with E-state index in [9.17, 15) is 10.1 Å². The fraction of sp³-hybridized carbons (Fsp3) is 0.278. The summed E-state index contributed by atoms with van der Waals surface area (Å²) in [6.07, 6.45) is 1.04. The van der Waals surface area contributed by atoms with Crippen molar-refractivity contribution in [3.05, 3.63) is 111 Å². The number of carbonyl (C=O) groups excluding carboxylic acids is 1. The van der Waals surface area contributed by atoms with Gasteiger partial charge >= 0.3 is 0 Å². The minimum absolute atomic E-state index is 0.0685. The first-order valence-electron chi connectivity index (χ1n) is 14.8. The molecule has 0 aromatic heterocycles. The first-order valence-corrected chi connectivity index (χ1v) is 15.2. The van der Waals surface area contributed by atoms with Crippen LogP contribution in [0.4, 0.5) is 5.69 Å². The van der Waals surface area contributed by atoms with Crippen LogP contribution in [0.25, 0.3) is 11.1 Å². The van der Waals surface area contributed by atoms with Crippen molar-refractivity contribution in [1.29, 1.82) is 5.26 Å². The van der Waals surface area contributed by atoms with Gasteiger partial charge in [-0.3, -0.25) is 4.79 Å². The molecule has 0 aliphatic carbocycles. The SMILES string of the molecule is CC(=O)NCCNCc1cc(Cl)c(OCc2cccc(-c3cccc4c3CCN4C)c2C)cc1OCc1cccc(C#N)c1. The van der Waals surface area contributed by atoms with Gasteiger partial charge in [0, 0.05) is 57.5 Å². The lowest BCUT2D eigenvalue weighted by atomic mass is 9.92. The van der Waals surface area contributed by atoms with E-state index >= 15 is 0 Å². The van der Waals surface area contributed by atoms with Crippen molar-refractivity contribution < 1.29 is 14.3 Å². The maximum absolute atomic E-state index is 11.2. The number of nitrogens with one attached hydrogen (secondary N) is 2. The van der Waals surface area contributed by atoms with Gasteiger partial charge in [-0.05, 0) is 71.0 Å². The number of nitrogens with zero attached hydrogens (tertiary/aromatic N) is 2. The molecule has 1 amide bonds. The number of carbonyl (C=O) groups is 1. The maximum Gasteiger partial charge on any atom is 0.216 e. The average Bonchev–Trinajstić information content (AvgIpc) is 3.41. The van der Waals surface area contributed by atoms with Crippen molar-refractivity contribution in [1.82, 2.24) is 10.6 Å². The van der Waals surface area contributed by atoms with E-state index in [1.807, 2.05) is 30.3 Å². The van der Waals surface area contributed by atoms with Crippen LogP contribution in [0.15, 0.2) is 72.8 Å². The van der Waals surface area contributed by atoms with Crippen molar-refractivity contribution in [3.8, 4) is 28.7 Å². The molecule has 0 saturated heterocycles. The lowest BCUT2D eigenvalue weighted by Crippen LogP contribution is -2.30. The molecule has 0 atom stereocenters. The number of ether oxygens (including phenoxy) is 2. The molecule has 1 heterocycles. The largest absolute Gasteiger partial charge is 0.488 e. The average molecular weight is 609 g/mol. The van der Waals surface area contributed by atoms with Crippen LogP contribution in [0, 0.1) is 18.3 Å². The molecule has 0 radical (unpaired) electrons. The highest BCUT2D eigenvalue weighted by molar-refractivity contribution is 6.32. The number of hydrogen-bond donors (Lipinski definition) is 2. The molecule has 1 aliphatic rings. The summed E-state index contributed by atoms with van der Waals surface area (Å²) in [6, 6.07) is 26.1. The Labute approximate surface area is 264 Å². The molecule has 5 rings (SSSR count). The quantitative estimate of drug-likeness (QED) is 0.177. The third-order valence-electron chi connectivity index (χ3n) is 7.94.